The number of hydrogen-bond acceptors (Lipinski definition) is 1. The summed E-state index contributed by atoms with van der Waals surface area (Å²) in [6.45, 7) is 3.97. The van der Waals surface area contributed by atoms with Crippen LogP contribution < -0.4 is 0 Å². The minimum absolute atomic E-state index is 0.438. The maximum absolute atomic E-state index is 6.47. The van der Waals surface area contributed by atoms with Gasteiger partial charge in [-0.15, -0.1) is 0 Å². The number of para-hydroxylation sites is 1. The van der Waals surface area contributed by atoms with Gasteiger partial charge in [-0.25, -0.2) is 0 Å². The molecule has 1 aromatic heterocycles. The first-order valence-corrected chi connectivity index (χ1v) is 11.7. The van der Waals surface area contributed by atoms with E-state index in [9.17, 15) is 0 Å². The summed E-state index contributed by atoms with van der Waals surface area (Å²) in [6.07, 6.45) is 2.17. The molecule has 1 aliphatic heterocycles. The Balaban J connectivity index is 1.35. The molecule has 158 valence electrons. The molecule has 2 heterocycles. The quantitative estimate of drug-likeness (QED) is 0.309. The summed E-state index contributed by atoms with van der Waals surface area (Å²) in [7, 11) is 0. The second-order valence-electron chi connectivity index (χ2n) is 8.45. The summed E-state index contributed by atoms with van der Waals surface area (Å²) in [5.74, 6) is 0.438. The van der Waals surface area contributed by atoms with E-state index >= 15 is 0 Å². The molecule has 31 heavy (non-hydrogen) atoms. The average molecular weight is 449 g/mol. The zero-order chi connectivity index (χ0) is 21.2. The van der Waals surface area contributed by atoms with Crippen LogP contribution in [0.4, 0.5) is 0 Å². The molecular formula is C27H26Cl2N2. The molecule has 4 heteroatoms. The molecule has 1 fully saturated rings. The number of nitrogens with zero attached hydrogens (tertiary/aromatic N) is 2. The van der Waals surface area contributed by atoms with Crippen molar-refractivity contribution in [2.45, 2.75) is 31.8 Å². The molecule has 0 N–H and O–H groups in total. The van der Waals surface area contributed by atoms with E-state index in [1.807, 2.05) is 18.2 Å². The van der Waals surface area contributed by atoms with Gasteiger partial charge in [-0.2, -0.15) is 0 Å². The molecule has 0 atom stereocenters. The van der Waals surface area contributed by atoms with Crippen LogP contribution in [-0.4, -0.2) is 22.6 Å². The van der Waals surface area contributed by atoms with Gasteiger partial charge in [-0.3, -0.25) is 4.90 Å². The Morgan fingerprint density at radius 2 is 1.42 bits per heavy atom. The molecule has 0 unspecified atom stereocenters. The van der Waals surface area contributed by atoms with Gasteiger partial charge in [0.15, 0.2) is 0 Å². The second-order valence-corrected chi connectivity index (χ2v) is 9.27. The van der Waals surface area contributed by atoms with Crippen molar-refractivity contribution >= 4 is 34.1 Å². The number of likely N-dealkylation sites (tertiary alicyclic amines) is 1. The molecule has 4 aromatic rings. The minimum atomic E-state index is 0.438. The van der Waals surface area contributed by atoms with E-state index in [-0.39, 0.29) is 0 Å². The Morgan fingerprint density at radius 1 is 0.742 bits per heavy atom. The summed E-state index contributed by atoms with van der Waals surface area (Å²) in [4.78, 5) is 2.57. The third kappa shape index (κ3) is 4.39. The predicted octanol–water partition coefficient (Wildman–Crippen LogP) is 7.38. The lowest BCUT2D eigenvalue weighted by atomic mass is 9.89. The van der Waals surface area contributed by atoms with Gasteiger partial charge in [0.25, 0.3) is 0 Å². The van der Waals surface area contributed by atoms with Crippen molar-refractivity contribution in [2.75, 3.05) is 13.1 Å². The van der Waals surface area contributed by atoms with Crippen molar-refractivity contribution in [1.82, 2.24) is 9.47 Å². The van der Waals surface area contributed by atoms with Crippen LogP contribution in [0.15, 0.2) is 78.9 Å². The highest BCUT2D eigenvalue weighted by Crippen LogP contribution is 2.37. The Hall–Kier alpha value is -2.26. The molecule has 0 bridgehead atoms. The fraction of sp³-hybridized carbons (Fsp3) is 0.259. The van der Waals surface area contributed by atoms with E-state index < -0.39 is 0 Å². The standard InChI is InChI=1S/C27H26Cl2N2/c28-24-10-6-11-25(29)27(24)21-13-15-30(16-14-21)19-23-17-22-9-4-5-12-26(22)31(23)18-20-7-2-1-3-8-20/h1-12,17,21H,13-16,18-19H2. The van der Waals surface area contributed by atoms with E-state index in [0.29, 0.717) is 5.92 Å². The largest absolute Gasteiger partial charge is 0.339 e. The number of piperidine rings is 1. The van der Waals surface area contributed by atoms with E-state index in [4.69, 9.17) is 23.2 Å². The Kier molecular flexibility index (Phi) is 6.04. The fourth-order valence-electron chi connectivity index (χ4n) is 4.86. The SMILES string of the molecule is Clc1cccc(Cl)c1C1CCN(Cc2cc3ccccc3n2Cc2ccccc2)CC1. The zero-order valence-electron chi connectivity index (χ0n) is 17.5. The third-order valence-corrected chi connectivity index (χ3v) is 7.12. The van der Waals surface area contributed by atoms with Gasteiger partial charge in [0, 0.05) is 34.3 Å². The van der Waals surface area contributed by atoms with Crippen LogP contribution in [0.5, 0.6) is 0 Å². The van der Waals surface area contributed by atoms with Crippen LogP contribution >= 0.6 is 23.2 Å². The van der Waals surface area contributed by atoms with Gasteiger partial charge in [-0.1, -0.05) is 77.8 Å². The summed E-state index contributed by atoms with van der Waals surface area (Å²) in [5, 5.41) is 2.91. The number of halogens is 2. The molecule has 0 aliphatic carbocycles. The molecule has 1 saturated heterocycles. The smallest absolute Gasteiger partial charge is 0.0486 e. The predicted molar refractivity (Wildman–Crippen MR) is 131 cm³/mol. The lowest BCUT2D eigenvalue weighted by Crippen LogP contribution is -2.33. The van der Waals surface area contributed by atoms with Crippen LogP contribution in [0.3, 0.4) is 0 Å². The van der Waals surface area contributed by atoms with Crippen molar-refractivity contribution < 1.29 is 0 Å². The molecule has 0 amide bonds. The number of hydrogen-bond donors (Lipinski definition) is 0. The van der Waals surface area contributed by atoms with Gasteiger partial charge in [0.2, 0.25) is 0 Å². The Morgan fingerprint density at radius 3 is 2.16 bits per heavy atom. The molecule has 0 radical (unpaired) electrons. The minimum Gasteiger partial charge on any atom is -0.339 e. The molecular weight excluding hydrogens is 423 g/mol. The molecule has 3 aromatic carbocycles. The molecule has 1 aliphatic rings. The van der Waals surface area contributed by atoms with Gasteiger partial charge in [0.05, 0.1) is 0 Å². The first kappa shape index (κ1) is 20.6. The summed E-state index contributed by atoms with van der Waals surface area (Å²) in [6, 6.07) is 27.6. The number of fused-ring (bicyclic) bond motifs is 1. The van der Waals surface area contributed by atoms with E-state index in [1.54, 1.807) is 0 Å². The molecule has 0 saturated carbocycles. The lowest BCUT2D eigenvalue weighted by molar-refractivity contribution is 0.201. The zero-order valence-corrected chi connectivity index (χ0v) is 19.0. The van der Waals surface area contributed by atoms with Crippen molar-refractivity contribution in [3.63, 3.8) is 0 Å². The van der Waals surface area contributed by atoms with Gasteiger partial charge in [0.1, 0.15) is 0 Å². The van der Waals surface area contributed by atoms with Crippen LogP contribution in [0, 0.1) is 0 Å². The molecule has 5 rings (SSSR count). The third-order valence-electron chi connectivity index (χ3n) is 6.46. The first-order valence-electron chi connectivity index (χ1n) is 11.0. The highest BCUT2D eigenvalue weighted by Gasteiger charge is 2.25. The highest BCUT2D eigenvalue weighted by molar-refractivity contribution is 6.36. The normalized spacial score (nSPS) is 15.5. The average Bonchev–Trinajstić information content (AvgIpc) is 3.12. The van der Waals surface area contributed by atoms with Crippen LogP contribution in [0.2, 0.25) is 10.0 Å². The van der Waals surface area contributed by atoms with Crippen LogP contribution in [0.1, 0.15) is 35.6 Å². The number of aromatic nitrogens is 1. The Bertz CT molecular complexity index is 1150. The van der Waals surface area contributed by atoms with Gasteiger partial charge in [-0.05, 0) is 72.6 Å². The molecule has 2 nitrogen and oxygen atoms in total. The maximum atomic E-state index is 6.47. The highest BCUT2D eigenvalue weighted by atomic mass is 35.5. The van der Waals surface area contributed by atoms with Crippen molar-refractivity contribution in [3.05, 3.63) is 106 Å². The van der Waals surface area contributed by atoms with Gasteiger partial charge >= 0.3 is 0 Å². The summed E-state index contributed by atoms with van der Waals surface area (Å²) >= 11 is 12.9. The maximum Gasteiger partial charge on any atom is 0.0486 e. The van der Waals surface area contributed by atoms with Crippen molar-refractivity contribution in [2.24, 2.45) is 0 Å². The topological polar surface area (TPSA) is 8.17 Å². The van der Waals surface area contributed by atoms with E-state index in [0.717, 1.165) is 54.6 Å². The summed E-state index contributed by atoms with van der Waals surface area (Å²) in [5.41, 5.74) is 5.14. The van der Waals surface area contributed by atoms with Crippen molar-refractivity contribution in [1.29, 1.82) is 0 Å². The monoisotopic (exact) mass is 448 g/mol. The van der Waals surface area contributed by atoms with Crippen LogP contribution in [0.25, 0.3) is 10.9 Å². The van der Waals surface area contributed by atoms with E-state index in [2.05, 4.69) is 70.1 Å². The Labute approximate surface area is 194 Å². The van der Waals surface area contributed by atoms with Crippen molar-refractivity contribution in [3.8, 4) is 0 Å². The molecule has 0 spiro atoms. The number of benzene rings is 3. The fourth-order valence-corrected chi connectivity index (χ4v) is 5.57. The summed E-state index contributed by atoms with van der Waals surface area (Å²) < 4.78 is 2.47. The number of rotatable bonds is 5. The van der Waals surface area contributed by atoms with Gasteiger partial charge < -0.3 is 4.57 Å². The first-order chi connectivity index (χ1) is 15.2. The lowest BCUT2D eigenvalue weighted by Gasteiger charge is -2.33. The van der Waals surface area contributed by atoms with E-state index in [1.165, 1.54) is 22.2 Å². The van der Waals surface area contributed by atoms with Crippen LogP contribution in [-0.2, 0) is 13.1 Å². The second kappa shape index (κ2) is 9.08.